The first-order valence-electron chi connectivity index (χ1n) is 18.5. The molecule has 0 bridgehead atoms. The predicted molar refractivity (Wildman–Crippen MR) is 205 cm³/mol. The molecule has 0 atom stereocenters. The van der Waals surface area contributed by atoms with Gasteiger partial charge in [-0.15, -0.1) is 29.1 Å². The number of alkyl halides is 2. The largest absolute Gasteiger partial charge is 0.512 e. The third kappa shape index (κ3) is 8.92. The van der Waals surface area contributed by atoms with Crippen molar-refractivity contribution in [2.24, 2.45) is 11.8 Å². The molecule has 4 nitrogen and oxygen atoms in total. The van der Waals surface area contributed by atoms with Gasteiger partial charge in [0.2, 0.25) is 0 Å². The van der Waals surface area contributed by atoms with Gasteiger partial charge in [0, 0.05) is 79.3 Å². The molecule has 6 rings (SSSR count). The Bertz CT molecular complexity index is 2050. The predicted octanol–water partition coefficient (Wildman–Crippen LogP) is 12.7. The summed E-state index contributed by atoms with van der Waals surface area (Å²) in [5.74, 6) is -1.31. The van der Waals surface area contributed by atoms with Crippen LogP contribution in [0.4, 0.5) is 8.78 Å². The van der Waals surface area contributed by atoms with Crippen LogP contribution in [0.5, 0.6) is 0 Å². The van der Waals surface area contributed by atoms with Gasteiger partial charge in [-0.2, -0.15) is 0 Å². The average molecular weight is 885 g/mol. The topological polar surface area (TPSA) is 63.3 Å². The number of aliphatic hydroxyl groups is 1. The van der Waals surface area contributed by atoms with Gasteiger partial charge in [0.05, 0.1) is 5.76 Å². The number of aromatic nitrogens is 1. The molecule has 0 fully saturated rings. The van der Waals surface area contributed by atoms with E-state index in [0.29, 0.717) is 6.42 Å². The fourth-order valence-electron chi connectivity index (χ4n) is 7.23. The Morgan fingerprint density at radius 2 is 1.63 bits per heavy atom. The van der Waals surface area contributed by atoms with Crippen LogP contribution in [-0.2, 0) is 43.2 Å². The van der Waals surface area contributed by atoms with Crippen molar-refractivity contribution in [1.82, 2.24) is 4.98 Å². The van der Waals surface area contributed by atoms with Crippen LogP contribution in [0.15, 0.2) is 77.0 Å². The van der Waals surface area contributed by atoms with E-state index >= 15 is 0 Å². The molecule has 279 valence electrons. The first kappa shape index (κ1) is 41.1. The van der Waals surface area contributed by atoms with Crippen LogP contribution < -0.4 is 0 Å². The van der Waals surface area contributed by atoms with E-state index in [2.05, 4.69) is 51.1 Å². The summed E-state index contributed by atoms with van der Waals surface area (Å²) in [6.45, 7) is 16.8. The maximum Gasteiger partial charge on any atom is 0.252 e. The van der Waals surface area contributed by atoms with Crippen molar-refractivity contribution in [3.63, 3.8) is 0 Å². The standard InChI is InChI=1S/C32H28F2NO.C13H24O2.Ir/c1-19-25-12-14-35-28(24-16-21-7-5-6-8-26(21)27(17-24)31(2,3)4)30(25)36-29(19)22-9-10-23-18-32(33,34)13-11-20(23)15-22;1-5-10(6-2)12(14)9-13(15)11(7-3)8-4;/h5-10,12,14-15,17H,11,13,18H2,1-4H3;9-11,14H,5-8H2,1-4H3;/q-1;;/b;12-9-;. The Labute approximate surface area is 321 Å². The van der Waals surface area contributed by atoms with E-state index in [9.17, 15) is 18.7 Å². The number of pyridine rings is 1. The molecular formula is C45H52F2IrNO3-. The molecule has 1 aliphatic rings. The van der Waals surface area contributed by atoms with Gasteiger partial charge in [-0.25, -0.2) is 8.78 Å². The number of aryl methyl sites for hydroxylation is 2. The number of nitrogens with zero attached hydrogens (tertiary/aromatic N) is 1. The van der Waals surface area contributed by atoms with Gasteiger partial charge in [0.1, 0.15) is 11.3 Å². The molecule has 0 spiro atoms. The van der Waals surface area contributed by atoms with E-state index < -0.39 is 5.92 Å². The molecule has 0 saturated heterocycles. The summed E-state index contributed by atoms with van der Waals surface area (Å²) in [7, 11) is 0. The van der Waals surface area contributed by atoms with E-state index in [1.807, 2.05) is 71.1 Å². The number of allylic oxidation sites excluding steroid dienone is 2. The SMILES string of the molecule is CCC(CC)C(=O)/C=C(\O)C(CC)CC.Cc1c(-c2ccc3c(c2)CCC(F)(F)C3)oc2c(-c3[c-]c4ccccc4c(C(C)(C)C)c3)nccc12.[Ir]. The normalized spacial score (nSPS) is 14.3. The minimum atomic E-state index is -2.62. The molecule has 0 unspecified atom stereocenters. The zero-order valence-electron chi connectivity index (χ0n) is 31.8. The fraction of sp³-hybridized carbons (Fsp3) is 0.422. The second-order valence-electron chi connectivity index (χ2n) is 15.0. The monoisotopic (exact) mass is 885 g/mol. The number of carbonyl (C=O) groups is 1. The number of fused-ring (bicyclic) bond motifs is 3. The van der Waals surface area contributed by atoms with Crippen LogP contribution in [0.25, 0.3) is 44.3 Å². The van der Waals surface area contributed by atoms with Crippen LogP contribution in [0.2, 0.25) is 0 Å². The van der Waals surface area contributed by atoms with Crippen molar-refractivity contribution in [2.45, 2.75) is 112 Å². The summed E-state index contributed by atoms with van der Waals surface area (Å²) in [5.41, 5.74) is 7.21. The third-order valence-corrected chi connectivity index (χ3v) is 10.5. The number of carbonyl (C=O) groups excluding carboxylic acids is 1. The number of ketones is 1. The molecular weight excluding hydrogens is 833 g/mol. The molecule has 52 heavy (non-hydrogen) atoms. The van der Waals surface area contributed by atoms with Crippen LogP contribution in [0.3, 0.4) is 0 Å². The van der Waals surface area contributed by atoms with Crippen molar-refractivity contribution in [1.29, 1.82) is 0 Å². The minimum absolute atomic E-state index is 0. The number of hydrogen-bond acceptors (Lipinski definition) is 4. The number of hydrogen-bond donors (Lipinski definition) is 1. The van der Waals surface area contributed by atoms with Gasteiger partial charge >= 0.3 is 0 Å². The minimum Gasteiger partial charge on any atom is -0.512 e. The summed E-state index contributed by atoms with van der Waals surface area (Å²) < 4.78 is 34.3. The molecule has 0 saturated carbocycles. The third-order valence-electron chi connectivity index (χ3n) is 10.5. The summed E-state index contributed by atoms with van der Waals surface area (Å²) in [6, 6.07) is 21.8. The van der Waals surface area contributed by atoms with Gasteiger partial charge in [-0.1, -0.05) is 89.7 Å². The van der Waals surface area contributed by atoms with Gasteiger partial charge in [0.25, 0.3) is 5.92 Å². The van der Waals surface area contributed by atoms with Crippen LogP contribution in [0, 0.1) is 24.8 Å². The van der Waals surface area contributed by atoms with Crippen LogP contribution >= 0.6 is 0 Å². The second-order valence-corrected chi connectivity index (χ2v) is 15.0. The Morgan fingerprint density at radius 1 is 0.962 bits per heavy atom. The zero-order chi connectivity index (χ0) is 37.1. The van der Waals surface area contributed by atoms with Gasteiger partial charge < -0.3 is 9.52 Å². The molecule has 1 radical (unpaired) electrons. The smallest absolute Gasteiger partial charge is 0.252 e. The summed E-state index contributed by atoms with van der Waals surface area (Å²) >= 11 is 0. The Hall–Kier alpha value is -3.67. The molecule has 5 aromatic rings. The first-order chi connectivity index (χ1) is 24.2. The number of benzene rings is 3. The van der Waals surface area contributed by atoms with Crippen LogP contribution in [0.1, 0.15) is 103 Å². The molecule has 2 aromatic heterocycles. The molecule has 7 heteroatoms. The van der Waals surface area contributed by atoms with Crippen LogP contribution in [-0.4, -0.2) is 21.8 Å². The molecule has 1 aliphatic carbocycles. The molecule has 2 heterocycles. The number of halogens is 2. The van der Waals surface area contributed by atoms with E-state index in [1.54, 1.807) is 0 Å². The van der Waals surface area contributed by atoms with Crippen molar-refractivity contribution in [2.75, 3.05) is 0 Å². The number of furan rings is 1. The van der Waals surface area contributed by atoms with Gasteiger partial charge in [-0.05, 0) is 67.7 Å². The quantitative estimate of drug-likeness (QED) is 0.0910. The maximum atomic E-state index is 13.9. The Morgan fingerprint density at radius 3 is 2.29 bits per heavy atom. The molecule has 0 aliphatic heterocycles. The first-order valence-corrected chi connectivity index (χ1v) is 18.5. The van der Waals surface area contributed by atoms with E-state index in [4.69, 9.17) is 9.40 Å². The Kier molecular flexibility index (Phi) is 13.4. The zero-order valence-corrected chi connectivity index (χ0v) is 34.2. The fourth-order valence-corrected chi connectivity index (χ4v) is 7.23. The number of aliphatic hydroxyl groups excluding tert-OH is 1. The average Bonchev–Trinajstić information content (AvgIpc) is 3.44. The summed E-state index contributed by atoms with van der Waals surface area (Å²) in [5, 5.41) is 13.0. The van der Waals surface area contributed by atoms with Gasteiger partial charge in [-0.3, -0.25) is 9.78 Å². The van der Waals surface area contributed by atoms with Crippen molar-refractivity contribution >= 4 is 27.5 Å². The molecule has 1 N–H and O–H groups in total. The molecule has 3 aromatic carbocycles. The van der Waals surface area contributed by atoms with Crippen molar-refractivity contribution < 1.29 is 43.2 Å². The molecule has 0 amide bonds. The Balaban J connectivity index is 0.000000323. The van der Waals surface area contributed by atoms with Crippen molar-refractivity contribution in [3.8, 4) is 22.6 Å². The summed E-state index contributed by atoms with van der Waals surface area (Å²) in [6.07, 6.45) is 6.81. The van der Waals surface area contributed by atoms with E-state index in [0.717, 1.165) is 81.3 Å². The summed E-state index contributed by atoms with van der Waals surface area (Å²) in [4.78, 5) is 16.4. The van der Waals surface area contributed by atoms with Gasteiger partial charge in [0.15, 0.2) is 5.78 Å². The van der Waals surface area contributed by atoms with Crippen molar-refractivity contribution in [3.05, 3.63) is 101 Å². The van der Waals surface area contributed by atoms with E-state index in [1.165, 1.54) is 17.0 Å². The number of rotatable bonds is 9. The maximum absolute atomic E-state index is 13.9. The van der Waals surface area contributed by atoms with E-state index in [-0.39, 0.29) is 61.7 Å². The second kappa shape index (κ2) is 17.0.